The Morgan fingerprint density at radius 2 is 2.33 bits per heavy atom. The number of pyridine rings is 1. The summed E-state index contributed by atoms with van der Waals surface area (Å²) in [6.45, 7) is 0. The van der Waals surface area contributed by atoms with Crippen molar-refractivity contribution < 1.29 is 0 Å². The van der Waals surface area contributed by atoms with Crippen LogP contribution in [-0.2, 0) is 5.33 Å². The van der Waals surface area contributed by atoms with Crippen LogP contribution in [0.25, 0.3) is 0 Å². The molecule has 0 saturated heterocycles. The standard InChI is InChI=1S/C6H5Br2N/c7-4-5-2-1-3-9-6(5)8/h1-3H,4H2. The Morgan fingerprint density at radius 3 is 2.78 bits per heavy atom. The first-order valence-electron chi connectivity index (χ1n) is 2.50. The van der Waals surface area contributed by atoms with Crippen LogP contribution < -0.4 is 0 Å². The fraction of sp³-hybridized carbons (Fsp3) is 0.167. The second-order valence-electron chi connectivity index (χ2n) is 1.59. The van der Waals surface area contributed by atoms with Gasteiger partial charge in [-0.15, -0.1) is 0 Å². The number of hydrogen-bond donors (Lipinski definition) is 0. The molecule has 0 atom stereocenters. The molecule has 0 fully saturated rings. The van der Waals surface area contributed by atoms with Crippen molar-refractivity contribution in [3.05, 3.63) is 28.5 Å². The average molecular weight is 251 g/mol. The predicted molar refractivity (Wildman–Crippen MR) is 44.6 cm³/mol. The predicted octanol–water partition coefficient (Wildman–Crippen LogP) is 2.74. The largest absolute Gasteiger partial charge is 0.249 e. The van der Waals surface area contributed by atoms with Crippen molar-refractivity contribution in [1.29, 1.82) is 0 Å². The van der Waals surface area contributed by atoms with Crippen LogP contribution in [0.1, 0.15) is 5.56 Å². The van der Waals surface area contributed by atoms with Gasteiger partial charge in [-0.2, -0.15) is 0 Å². The fourth-order valence-corrected chi connectivity index (χ4v) is 1.74. The third kappa shape index (κ3) is 1.76. The molecule has 0 spiro atoms. The van der Waals surface area contributed by atoms with Crippen molar-refractivity contribution in [3.63, 3.8) is 0 Å². The van der Waals surface area contributed by atoms with Gasteiger partial charge in [0, 0.05) is 11.5 Å². The minimum Gasteiger partial charge on any atom is -0.249 e. The Bertz CT molecular complexity index is 200. The quantitative estimate of drug-likeness (QED) is 0.552. The van der Waals surface area contributed by atoms with E-state index < -0.39 is 0 Å². The lowest BCUT2D eigenvalue weighted by Gasteiger charge is -1.94. The molecule has 1 nitrogen and oxygen atoms in total. The van der Waals surface area contributed by atoms with Crippen LogP contribution in [0.15, 0.2) is 22.9 Å². The minimum atomic E-state index is 0.849. The van der Waals surface area contributed by atoms with Gasteiger partial charge in [0.05, 0.1) is 0 Å². The topological polar surface area (TPSA) is 12.9 Å². The Labute approximate surface area is 70.8 Å². The SMILES string of the molecule is BrCc1cccnc1Br. The van der Waals surface area contributed by atoms with Gasteiger partial charge in [0.25, 0.3) is 0 Å². The lowest BCUT2D eigenvalue weighted by molar-refractivity contribution is 1.21. The summed E-state index contributed by atoms with van der Waals surface area (Å²) >= 11 is 6.65. The summed E-state index contributed by atoms with van der Waals surface area (Å²) < 4.78 is 0.918. The molecule has 0 N–H and O–H groups in total. The molecule has 0 aromatic carbocycles. The molecule has 0 radical (unpaired) electrons. The monoisotopic (exact) mass is 249 g/mol. The van der Waals surface area contributed by atoms with E-state index in [-0.39, 0.29) is 0 Å². The highest BCUT2D eigenvalue weighted by Gasteiger charge is 1.94. The second-order valence-corrected chi connectivity index (χ2v) is 2.90. The van der Waals surface area contributed by atoms with Crippen molar-refractivity contribution in [2.45, 2.75) is 5.33 Å². The van der Waals surface area contributed by atoms with E-state index in [9.17, 15) is 0 Å². The Kier molecular flexibility index (Phi) is 2.66. The highest BCUT2D eigenvalue weighted by atomic mass is 79.9. The molecule has 0 saturated carbocycles. The summed E-state index contributed by atoms with van der Waals surface area (Å²) in [6.07, 6.45) is 1.76. The summed E-state index contributed by atoms with van der Waals surface area (Å²) in [5, 5.41) is 0.849. The maximum Gasteiger partial charge on any atom is 0.110 e. The third-order valence-corrected chi connectivity index (χ3v) is 2.30. The van der Waals surface area contributed by atoms with Crippen LogP contribution >= 0.6 is 31.9 Å². The molecule has 1 aromatic rings. The first-order chi connectivity index (χ1) is 4.34. The molecule has 0 aliphatic heterocycles. The van der Waals surface area contributed by atoms with Gasteiger partial charge < -0.3 is 0 Å². The highest BCUT2D eigenvalue weighted by molar-refractivity contribution is 9.10. The van der Waals surface area contributed by atoms with Gasteiger partial charge in [0.2, 0.25) is 0 Å². The van der Waals surface area contributed by atoms with E-state index in [1.165, 1.54) is 5.56 Å². The van der Waals surface area contributed by atoms with Crippen LogP contribution in [0.5, 0.6) is 0 Å². The molecule has 1 heterocycles. The maximum absolute atomic E-state index is 4.04. The lowest BCUT2D eigenvalue weighted by Crippen LogP contribution is -1.81. The third-order valence-electron chi connectivity index (χ3n) is 0.980. The van der Waals surface area contributed by atoms with Gasteiger partial charge in [-0.3, -0.25) is 0 Å². The van der Waals surface area contributed by atoms with Crippen LogP contribution in [0, 0.1) is 0 Å². The number of halogens is 2. The summed E-state index contributed by atoms with van der Waals surface area (Å²) in [6, 6.07) is 3.94. The molecule has 0 amide bonds. The molecule has 0 unspecified atom stereocenters. The summed E-state index contributed by atoms with van der Waals surface area (Å²) in [4.78, 5) is 4.04. The first kappa shape index (κ1) is 7.22. The molecule has 1 aromatic heterocycles. The second kappa shape index (κ2) is 3.32. The first-order valence-corrected chi connectivity index (χ1v) is 4.41. The van der Waals surface area contributed by atoms with Crippen molar-refractivity contribution in [2.24, 2.45) is 0 Å². The summed E-state index contributed by atoms with van der Waals surface area (Å²) in [5.74, 6) is 0. The number of nitrogens with zero attached hydrogens (tertiary/aromatic N) is 1. The molecule has 0 bridgehead atoms. The Balaban J connectivity index is 3.01. The van der Waals surface area contributed by atoms with Crippen molar-refractivity contribution in [2.75, 3.05) is 0 Å². The molecule has 9 heavy (non-hydrogen) atoms. The van der Waals surface area contributed by atoms with Crippen molar-refractivity contribution >= 4 is 31.9 Å². The van der Waals surface area contributed by atoms with E-state index in [1.54, 1.807) is 6.20 Å². The van der Waals surface area contributed by atoms with Gasteiger partial charge in [0.15, 0.2) is 0 Å². The number of aromatic nitrogens is 1. The summed E-state index contributed by atoms with van der Waals surface area (Å²) in [7, 11) is 0. The van der Waals surface area contributed by atoms with Crippen LogP contribution in [0.2, 0.25) is 0 Å². The van der Waals surface area contributed by atoms with Crippen LogP contribution in [0.3, 0.4) is 0 Å². The molecular formula is C6H5Br2N. The van der Waals surface area contributed by atoms with Crippen molar-refractivity contribution in [3.8, 4) is 0 Å². The normalized spacial score (nSPS) is 9.56. The number of alkyl halides is 1. The van der Waals surface area contributed by atoms with E-state index in [4.69, 9.17) is 0 Å². The maximum atomic E-state index is 4.04. The van der Waals surface area contributed by atoms with Crippen molar-refractivity contribution in [1.82, 2.24) is 4.98 Å². The smallest absolute Gasteiger partial charge is 0.110 e. The van der Waals surface area contributed by atoms with Gasteiger partial charge >= 0.3 is 0 Å². The molecule has 0 aliphatic carbocycles. The molecule has 48 valence electrons. The van der Waals surface area contributed by atoms with Gasteiger partial charge in [-0.25, -0.2) is 4.98 Å². The number of hydrogen-bond acceptors (Lipinski definition) is 1. The summed E-state index contributed by atoms with van der Waals surface area (Å²) in [5.41, 5.74) is 1.18. The van der Waals surface area contributed by atoms with Crippen LogP contribution in [-0.4, -0.2) is 4.98 Å². The molecule has 1 rings (SSSR count). The molecular weight excluding hydrogens is 246 g/mol. The average Bonchev–Trinajstić information content (AvgIpc) is 1.89. The van der Waals surface area contributed by atoms with E-state index in [2.05, 4.69) is 36.8 Å². The van der Waals surface area contributed by atoms with E-state index in [0.29, 0.717) is 0 Å². The van der Waals surface area contributed by atoms with E-state index in [0.717, 1.165) is 9.93 Å². The zero-order chi connectivity index (χ0) is 6.69. The van der Waals surface area contributed by atoms with Crippen LogP contribution in [0.4, 0.5) is 0 Å². The zero-order valence-electron chi connectivity index (χ0n) is 4.64. The minimum absolute atomic E-state index is 0.849. The van der Waals surface area contributed by atoms with Gasteiger partial charge in [-0.05, 0) is 27.6 Å². The van der Waals surface area contributed by atoms with Gasteiger partial charge in [-0.1, -0.05) is 22.0 Å². The highest BCUT2D eigenvalue weighted by Crippen LogP contribution is 2.14. The molecule has 0 aliphatic rings. The fourth-order valence-electron chi connectivity index (χ4n) is 0.519. The Morgan fingerprint density at radius 1 is 1.56 bits per heavy atom. The van der Waals surface area contributed by atoms with E-state index >= 15 is 0 Å². The Hall–Kier alpha value is 0.110. The molecule has 3 heteroatoms. The van der Waals surface area contributed by atoms with E-state index in [1.807, 2.05) is 12.1 Å². The zero-order valence-corrected chi connectivity index (χ0v) is 7.81. The number of rotatable bonds is 1. The lowest BCUT2D eigenvalue weighted by atomic mass is 10.3. The van der Waals surface area contributed by atoms with Gasteiger partial charge in [0.1, 0.15) is 4.60 Å².